The molecule has 0 atom stereocenters. The molecule has 0 aromatic carbocycles. The molecule has 2 N–H and O–H groups in total. The van der Waals surface area contributed by atoms with Crippen LogP contribution >= 0.6 is 0 Å². The van der Waals surface area contributed by atoms with E-state index in [1.807, 2.05) is 0 Å². The molecule has 0 aliphatic carbocycles. The van der Waals surface area contributed by atoms with Gasteiger partial charge in [-0.3, -0.25) is 9.59 Å². The van der Waals surface area contributed by atoms with Gasteiger partial charge in [-0.25, -0.2) is 0 Å². The van der Waals surface area contributed by atoms with Gasteiger partial charge in [-0.2, -0.15) is 0 Å². The van der Waals surface area contributed by atoms with E-state index < -0.39 is 23.3 Å². The third kappa shape index (κ3) is 1.42. The van der Waals surface area contributed by atoms with Crippen LogP contribution in [0.3, 0.4) is 0 Å². The summed E-state index contributed by atoms with van der Waals surface area (Å²) in [5.74, 6) is -2.92. The van der Waals surface area contributed by atoms with Gasteiger partial charge in [-0.05, 0) is 12.3 Å². The van der Waals surface area contributed by atoms with Gasteiger partial charge in [0.25, 0.3) is 0 Å². The minimum atomic E-state index is -1.63. The fourth-order valence-electron chi connectivity index (χ4n) is 1.30. The zero-order chi connectivity index (χ0) is 9.94. The summed E-state index contributed by atoms with van der Waals surface area (Å²) in [5.41, 5.74) is -1.63. The molecule has 0 aromatic heterocycles. The number of carbonyl (C=O) groups is 2. The smallest absolute Gasteiger partial charge is 0.321 e. The molecule has 0 spiro atoms. The summed E-state index contributed by atoms with van der Waals surface area (Å²) in [4.78, 5) is 21.5. The topological polar surface area (TPSA) is 74.6 Å². The van der Waals surface area contributed by atoms with Crippen molar-refractivity contribution in [3.63, 3.8) is 0 Å². The summed E-state index contributed by atoms with van der Waals surface area (Å²) in [6.45, 7) is 4.78. The minimum absolute atomic E-state index is 0.106. The summed E-state index contributed by atoms with van der Waals surface area (Å²) < 4.78 is 0. The van der Waals surface area contributed by atoms with Crippen molar-refractivity contribution in [1.82, 2.24) is 0 Å². The fourth-order valence-corrected chi connectivity index (χ4v) is 1.30. The molecule has 4 heteroatoms. The SMILES string of the molecule is CCC(C(=O)O)(C(=O)O)C(C)C. The van der Waals surface area contributed by atoms with Gasteiger partial charge in [-0.1, -0.05) is 20.8 Å². The van der Waals surface area contributed by atoms with Crippen LogP contribution in [0.2, 0.25) is 0 Å². The molecule has 0 saturated carbocycles. The van der Waals surface area contributed by atoms with E-state index in [1.165, 1.54) is 0 Å². The molecule has 0 fully saturated rings. The van der Waals surface area contributed by atoms with Gasteiger partial charge in [0, 0.05) is 0 Å². The molecule has 0 amide bonds. The standard InChI is InChI=1S/C8H14O4/c1-4-8(5(2)3,6(9)10)7(11)12/h5H,4H2,1-3H3,(H,9,10)(H,11,12). The molecule has 0 heterocycles. The summed E-state index contributed by atoms with van der Waals surface area (Å²) in [5, 5.41) is 17.6. The highest BCUT2D eigenvalue weighted by Gasteiger charge is 2.47. The third-order valence-electron chi connectivity index (χ3n) is 2.31. The molecule has 4 nitrogen and oxygen atoms in total. The van der Waals surface area contributed by atoms with E-state index in [-0.39, 0.29) is 6.42 Å². The van der Waals surface area contributed by atoms with Crippen LogP contribution in [-0.4, -0.2) is 22.2 Å². The molecule has 0 aromatic rings. The number of hydrogen-bond donors (Lipinski definition) is 2. The predicted molar refractivity (Wildman–Crippen MR) is 42.8 cm³/mol. The van der Waals surface area contributed by atoms with Crippen LogP contribution in [0.25, 0.3) is 0 Å². The normalized spacial score (nSPS) is 11.7. The lowest BCUT2D eigenvalue weighted by atomic mass is 9.75. The fraction of sp³-hybridized carbons (Fsp3) is 0.750. The van der Waals surface area contributed by atoms with Crippen LogP contribution in [0.4, 0.5) is 0 Å². The molecule has 70 valence electrons. The van der Waals surface area contributed by atoms with Crippen molar-refractivity contribution in [2.45, 2.75) is 27.2 Å². The number of rotatable bonds is 4. The molecule has 0 saturated heterocycles. The second-order valence-electron chi connectivity index (χ2n) is 3.09. The first kappa shape index (κ1) is 10.9. The van der Waals surface area contributed by atoms with Gasteiger partial charge in [0.15, 0.2) is 5.41 Å². The highest BCUT2D eigenvalue weighted by Crippen LogP contribution is 2.31. The highest BCUT2D eigenvalue weighted by atomic mass is 16.4. The van der Waals surface area contributed by atoms with Crippen molar-refractivity contribution in [3.8, 4) is 0 Å². The molecular weight excluding hydrogens is 160 g/mol. The Kier molecular flexibility index (Phi) is 3.24. The van der Waals surface area contributed by atoms with Gasteiger partial charge in [0.2, 0.25) is 0 Å². The van der Waals surface area contributed by atoms with E-state index in [0.717, 1.165) is 0 Å². The number of carboxylic acid groups (broad SMARTS) is 2. The Labute approximate surface area is 71.2 Å². The van der Waals surface area contributed by atoms with E-state index in [2.05, 4.69) is 0 Å². The second kappa shape index (κ2) is 3.56. The molecule has 0 rings (SSSR count). The Morgan fingerprint density at radius 2 is 1.58 bits per heavy atom. The molecule has 0 aliphatic rings. The van der Waals surface area contributed by atoms with Gasteiger partial charge in [0.1, 0.15) is 0 Å². The van der Waals surface area contributed by atoms with E-state index >= 15 is 0 Å². The van der Waals surface area contributed by atoms with Gasteiger partial charge < -0.3 is 10.2 Å². The monoisotopic (exact) mass is 174 g/mol. The summed E-state index contributed by atoms with van der Waals surface area (Å²) in [6.07, 6.45) is 0.106. The summed E-state index contributed by atoms with van der Waals surface area (Å²) in [7, 11) is 0. The number of carboxylic acids is 2. The van der Waals surface area contributed by atoms with Crippen LogP contribution in [0, 0.1) is 11.3 Å². The molecule has 12 heavy (non-hydrogen) atoms. The highest BCUT2D eigenvalue weighted by molar-refractivity contribution is 5.98. The number of hydrogen-bond acceptors (Lipinski definition) is 2. The zero-order valence-electron chi connectivity index (χ0n) is 7.50. The van der Waals surface area contributed by atoms with E-state index in [1.54, 1.807) is 20.8 Å². The van der Waals surface area contributed by atoms with Crippen LogP contribution in [0.15, 0.2) is 0 Å². The molecular formula is C8H14O4. The molecule has 0 aliphatic heterocycles. The predicted octanol–water partition coefficient (Wildman–Crippen LogP) is 1.21. The van der Waals surface area contributed by atoms with Crippen LogP contribution in [0.1, 0.15) is 27.2 Å². The Morgan fingerprint density at radius 1 is 1.25 bits per heavy atom. The van der Waals surface area contributed by atoms with Crippen molar-refractivity contribution < 1.29 is 19.8 Å². The maximum absolute atomic E-state index is 10.8. The Morgan fingerprint density at radius 3 is 1.58 bits per heavy atom. The van der Waals surface area contributed by atoms with Crippen molar-refractivity contribution in [3.05, 3.63) is 0 Å². The van der Waals surface area contributed by atoms with Gasteiger partial charge in [0.05, 0.1) is 0 Å². The first-order chi connectivity index (χ1) is 5.39. The second-order valence-corrected chi connectivity index (χ2v) is 3.09. The van der Waals surface area contributed by atoms with Crippen molar-refractivity contribution in [2.24, 2.45) is 11.3 Å². The molecule has 0 bridgehead atoms. The summed E-state index contributed by atoms with van der Waals surface area (Å²) in [6, 6.07) is 0. The van der Waals surface area contributed by atoms with Crippen LogP contribution in [0.5, 0.6) is 0 Å². The number of aliphatic carboxylic acids is 2. The average molecular weight is 174 g/mol. The van der Waals surface area contributed by atoms with E-state index in [9.17, 15) is 9.59 Å². The average Bonchev–Trinajstić information content (AvgIpc) is 1.86. The van der Waals surface area contributed by atoms with E-state index in [0.29, 0.717) is 0 Å². The minimum Gasteiger partial charge on any atom is -0.480 e. The van der Waals surface area contributed by atoms with Crippen LogP contribution < -0.4 is 0 Å². The molecule has 0 unspecified atom stereocenters. The Bertz CT molecular complexity index is 181. The quantitative estimate of drug-likeness (QED) is 0.628. The van der Waals surface area contributed by atoms with Crippen molar-refractivity contribution in [1.29, 1.82) is 0 Å². The lowest BCUT2D eigenvalue weighted by Gasteiger charge is -2.26. The van der Waals surface area contributed by atoms with E-state index in [4.69, 9.17) is 10.2 Å². The van der Waals surface area contributed by atoms with Crippen molar-refractivity contribution >= 4 is 11.9 Å². The maximum atomic E-state index is 10.8. The Hall–Kier alpha value is -1.06. The zero-order valence-corrected chi connectivity index (χ0v) is 7.50. The lowest BCUT2D eigenvalue weighted by molar-refractivity contribution is -0.168. The van der Waals surface area contributed by atoms with Gasteiger partial charge >= 0.3 is 11.9 Å². The first-order valence-electron chi connectivity index (χ1n) is 3.86. The maximum Gasteiger partial charge on any atom is 0.321 e. The summed E-state index contributed by atoms with van der Waals surface area (Å²) >= 11 is 0. The molecule has 0 radical (unpaired) electrons. The lowest BCUT2D eigenvalue weighted by Crippen LogP contribution is -2.43. The van der Waals surface area contributed by atoms with Crippen molar-refractivity contribution in [2.75, 3.05) is 0 Å². The Balaban J connectivity index is 5.04. The van der Waals surface area contributed by atoms with Crippen LogP contribution in [-0.2, 0) is 9.59 Å². The third-order valence-corrected chi connectivity index (χ3v) is 2.31. The van der Waals surface area contributed by atoms with Gasteiger partial charge in [-0.15, -0.1) is 0 Å². The largest absolute Gasteiger partial charge is 0.480 e. The first-order valence-corrected chi connectivity index (χ1v) is 3.86.